The number of anilines is 2. The minimum Gasteiger partial charge on any atom is -0.387 e. The third kappa shape index (κ3) is 2.40. The van der Waals surface area contributed by atoms with E-state index in [1.165, 1.54) is 11.1 Å². The molecule has 0 saturated carbocycles. The van der Waals surface area contributed by atoms with E-state index in [2.05, 4.69) is 30.4 Å². The third-order valence-electron chi connectivity index (χ3n) is 4.09. The molecule has 1 aliphatic rings. The fourth-order valence-electron chi connectivity index (χ4n) is 3.08. The van der Waals surface area contributed by atoms with Crippen LogP contribution in [0.3, 0.4) is 0 Å². The number of hydrogen-bond acceptors (Lipinski definition) is 2. The lowest BCUT2D eigenvalue weighted by Crippen LogP contribution is -2.36. The summed E-state index contributed by atoms with van der Waals surface area (Å²) in [4.78, 5) is 14.9. The third-order valence-corrected chi connectivity index (χ3v) is 4.09. The number of hydrogen-bond donors (Lipinski definition) is 1. The number of para-hydroxylation sites is 2. The summed E-state index contributed by atoms with van der Waals surface area (Å²) in [6.07, 6.45) is 2.07. The van der Waals surface area contributed by atoms with Crippen LogP contribution >= 0.6 is 0 Å². The molecule has 0 spiro atoms. The standard InChI is InChI=1S/C18H20N2O/c1-13-7-5-8-14-9-6-12-20(17(13)14)18(21)15-10-3-4-11-16(15)19-2/h3-5,7-8,10-11,19H,6,9,12H2,1-2H3. The maximum atomic E-state index is 13.0. The van der Waals surface area contributed by atoms with E-state index in [9.17, 15) is 4.79 Å². The van der Waals surface area contributed by atoms with Crippen LogP contribution in [-0.2, 0) is 6.42 Å². The molecule has 1 aliphatic heterocycles. The van der Waals surface area contributed by atoms with Gasteiger partial charge < -0.3 is 10.2 Å². The van der Waals surface area contributed by atoms with Crippen molar-refractivity contribution in [2.75, 3.05) is 23.8 Å². The van der Waals surface area contributed by atoms with Crippen LogP contribution in [0.5, 0.6) is 0 Å². The van der Waals surface area contributed by atoms with Crippen LogP contribution in [0, 0.1) is 6.92 Å². The van der Waals surface area contributed by atoms with Gasteiger partial charge in [-0.25, -0.2) is 0 Å². The molecule has 3 heteroatoms. The molecule has 0 radical (unpaired) electrons. The first-order valence-electron chi connectivity index (χ1n) is 7.39. The van der Waals surface area contributed by atoms with E-state index >= 15 is 0 Å². The number of carbonyl (C=O) groups excluding carboxylic acids is 1. The number of nitrogens with one attached hydrogen (secondary N) is 1. The SMILES string of the molecule is CNc1ccccc1C(=O)N1CCCc2cccc(C)c21. The van der Waals surface area contributed by atoms with Gasteiger partial charge in [0.05, 0.1) is 11.3 Å². The Labute approximate surface area is 125 Å². The van der Waals surface area contributed by atoms with E-state index < -0.39 is 0 Å². The van der Waals surface area contributed by atoms with E-state index in [1.54, 1.807) is 0 Å². The van der Waals surface area contributed by atoms with Crippen molar-refractivity contribution in [2.24, 2.45) is 0 Å². The number of carbonyl (C=O) groups is 1. The summed E-state index contributed by atoms with van der Waals surface area (Å²) in [6.45, 7) is 2.86. The summed E-state index contributed by atoms with van der Waals surface area (Å²) < 4.78 is 0. The average Bonchev–Trinajstić information content (AvgIpc) is 2.54. The number of benzene rings is 2. The Bertz CT molecular complexity index is 679. The first kappa shape index (κ1) is 13.7. The highest BCUT2D eigenvalue weighted by Crippen LogP contribution is 2.32. The molecule has 1 heterocycles. The molecule has 1 N–H and O–H groups in total. The molecule has 108 valence electrons. The molecule has 21 heavy (non-hydrogen) atoms. The topological polar surface area (TPSA) is 32.3 Å². The van der Waals surface area contributed by atoms with Gasteiger partial charge in [0.25, 0.3) is 5.91 Å². The second-order valence-corrected chi connectivity index (χ2v) is 5.44. The average molecular weight is 280 g/mol. The van der Waals surface area contributed by atoms with Crippen molar-refractivity contribution in [1.29, 1.82) is 0 Å². The summed E-state index contributed by atoms with van der Waals surface area (Å²) in [5.74, 6) is 0.0789. The molecule has 3 rings (SSSR count). The Hall–Kier alpha value is -2.29. The van der Waals surface area contributed by atoms with Crippen LogP contribution in [0.2, 0.25) is 0 Å². The van der Waals surface area contributed by atoms with Crippen LogP contribution in [0.15, 0.2) is 42.5 Å². The molecule has 2 aromatic carbocycles. The molecule has 0 fully saturated rings. The molecule has 2 aromatic rings. The monoisotopic (exact) mass is 280 g/mol. The summed E-state index contributed by atoms with van der Waals surface area (Å²) >= 11 is 0. The first-order valence-corrected chi connectivity index (χ1v) is 7.39. The molecule has 0 bridgehead atoms. The van der Waals surface area contributed by atoms with E-state index in [4.69, 9.17) is 0 Å². The van der Waals surface area contributed by atoms with Crippen LogP contribution in [0.4, 0.5) is 11.4 Å². The van der Waals surface area contributed by atoms with E-state index in [-0.39, 0.29) is 5.91 Å². The summed E-state index contributed by atoms with van der Waals surface area (Å²) in [5, 5.41) is 3.11. The zero-order valence-corrected chi connectivity index (χ0v) is 12.5. The van der Waals surface area contributed by atoms with Crippen molar-refractivity contribution in [3.05, 3.63) is 59.2 Å². The van der Waals surface area contributed by atoms with Gasteiger partial charge in [-0.15, -0.1) is 0 Å². The Morgan fingerprint density at radius 2 is 1.95 bits per heavy atom. The van der Waals surface area contributed by atoms with Gasteiger partial charge >= 0.3 is 0 Å². The minimum atomic E-state index is 0.0789. The number of amides is 1. The zero-order chi connectivity index (χ0) is 14.8. The maximum absolute atomic E-state index is 13.0. The van der Waals surface area contributed by atoms with Gasteiger partial charge in [-0.1, -0.05) is 30.3 Å². The van der Waals surface area contributed by atoms with Crippen LogP contribution in [0.25, 0.3) is 0 Å². The number of rotatable bonds is 2. The van der Waals surface area contributed by atoms with E-state index in [1.807, 2.05) is 36.2 Å². The van der Waals surface area contributed by atoms with Gasteiger partial charge in [0.1, 0.15) is 0 Å². The highest BCUT2D eigenvalue weighted by Gasteiger charge is 2.26. The number of aryl methyl sites for hydroxylation is 2. The molecule has 0 aromatic heterocycles. The lowest BCUT2D eigenvalue weighted by molar-refractivity contribution is 0.0985. The molecule has 0 aliphatic carbocycles. The molecule has 3 nitrogen and oxygen atoms in total. The second-order valence-electron chi connectivity index (χ2n) is 5.44. The quantitative estimate of drug-likeness (QED) is 0.911. The highest BCUT2D eigenvalue weighted by molar-refractivity contribution is 6.10. The Morgan fingerprint density at radius 3 is 2.76 bits per heavy atom. The second kappa shape index (κ2) is 5.60. The molecule has 0 saturated heterocycles. The fraction of sp³-hybridized carbons (Fsp3) is 0.278. The normalized spacial score (nSPS) is 13.7. The maximum Gasteiger partial charge on any atom is 0.260 e. The van der Waals surface area contributed by atoms with Crippen molar-refractivity contribution in [3.8, 4) is 0 Å². The lowest BCUT2D eigenvalue weighted by Gasteiger charge is -2.31. The van der Waals surface area contributed by atoms with Gasteiger partial charge in [-0.3, -0.25) is 4.79 Å². The van der Waals surface area contributed by atoms with Crippen LogP contribution in [0.1, 0.15) is 27.9 Å². The summed E-state index contributed by atoms with van der Waals surface area (Å²) in [5.41, 5.74) is 5.15. The Balaban J connectivity index is 2.05. The molecular formula is C18H20N2O. The van der Waals surface area contributed by atoms with Crippen molar-refractivity contribution in [3.63, 3.8) is 0 Å². The molecular weight excluding hydrogens is 260 g/mol. The van der Waals surface area contributed by atoms with E-state index in [0.717, 1.165) is 36.3 Å². The van der Waals surface area contributed by atoms with Crippen LogP contribution in [-0.4, -0.2) is 19.5 Å². The summed E-state index contributed by atoms with van der Waals surface area (Å²) in [7, 11) is 1.85. The molecule has 0 unspecified atom stereocenters. The van der Waals surface area contributed by atoms with Crippen LogP contribution < -0.4 is 10.2 Å². The number of nitrogens with zero attached hydrogens (tertiary/aromatic N) is 1. The van der Waals surface area contributed by atoms with Crippen molar-refractivity contribution >= 4 is 17.3 Å². The zero-order valence-electron chi connectivity index (χ0n) is 12.5. The highest BCUT2D eigenvalue weighted by atomic mass is 16.2. The molecule has 0 atom stereocenters. The number of fused-ring (bicyclic) bond motifs is 1. The Kier molecular flexibility index (Phi) is 3.65. The van der Waals surface area contributed by atoms with Gasteiger partial charge in [0, 0.05) is 19.3 Å². The summed E-state index contributed by atoms with van der Waals surface area (Å²) in [6, 6.07) is 14.0. The van der Waals surface area contributed by atoms with Crippen molar-refractivity contribution in [2.45, 2.75) is 19.8 Å². The Morgan fingerprint density at radius 1 is 1.14 bits per heavy atom. The predicted molar refractivity (Wildman–Crippen MR) is 87.2 cm³/mol. The van der Waals surface area contributed by atoms with Gasteiger partial charge in [-0.2, -0.15) is 0 Å². The predicted octanol–water partition coefficient (Wildman–Crippen LogP) is 3.63. The van der Waals surface area contributed by atoms with Crippen molar-refractivity contribution in [1.82, 2.24) is 0 Å². The fourth-order valence-corrected chi connectivity index (χ4v) is 3.08. The van der Waals surface area contributed by atoms with E-state index in [0.29, 0.717) is 0 Å². The van der Waals surface area contributed by atoms with Crippen molar-refractivity contribution < 1.29 is 4.79 Å². The minimum absolute atomic E-state index is 0.0789. The first-order chi connectivity index (χ1) is 10.2. The smallest absolute Gasteiger partial charge is 0.260 e. The van der Waals surface area contributed by atoms with Gasteiger partial charge in [-0.05, 0) is 43.0 Å². The lowest BCUT2D eigenvalue weighted by atomic mass is 9.97. The van der Waals surface area contributed by atoms with Gasteiger partial charge in [0.15, 0.2) is 0 Å². The largest absolute Gasteiger partial charge is 0.387 e. The van der Waals surface area contributed by atoms with Gasteiger partial charge in [0.2, 0.25) is 0 Å². The molecule has 1 amide bonds.